The topological polar surface area (TPSA) is 9.86 Å². The molecule has 0 N–H and O–H groups in total. The van der Waals surface area contributed by atoms with Crippen LogP contribution in [0.5, 0.6) is 0 Å². The Morgan fingerprint density at radius 2 is 0.881 bits per heavy atom. The van der Waals surface area contributed by atoms with Crippen molar-refractivity contribution in [2.24, 2.45) is 0 Å². The van der Waals surface area contributed by atoms with Gasteiger partial charge in [0.05, 0.1) is 22.1 Å². The highest BCUT2D eigenvalue weighted by Gasteiger charge is 2.37. The Labute approximate surface area is 245 Å². The highest BCUT2D eigenvalue weighted by molar-refractivity contribution is 6.10. The zero-order valence-corrected chi connectivity index (χ0v) is 24.0. The van der Waals surface area contributed by atoms with Crippen LogP contribution < -0.4 is 0 Å². The fourth-order valence-electron chi connectivity index (χ4n) is 7.91. The van der Waals surface area contributed by atoms with E-state index < -0.39 is 0 Å². The van der Waals surface area contributed by atoms with Crippen molar-refractivity contribution < 1.29 is 0 Å². The summed E-state index contributed by atoms with van der Waals surface area (Å²) < 4.78 is 4.87. The summed E-state index contributed by atoms with van der Waals surface area (Å²) in [7, 11) is 0. The third-order valence-corrected chi connectivity index (χ3v) is 9.59. The molecule has 0 atom stereocenters. The highest BCUT2D eigenvalue weighted by Crippen LogP contribution is 2.52. The zero-order chi connectivity index (χ0) is 28.2. The first-order chi connectivity index (χ1) is 20.5. The molecule has 0 saturated heterocycles. The monoisotopic (exact) mass is 538 g/mol. The summed E-state index contributed by atoms with van der Waals surface area (Å²) in [5.41, 5.74) is 14.2. The molecule has 200 valence electrons. The van der Waals surface area contributed by atoms with Crippen molar-refractivity contribution in [1.82, 2.24) is 9.13 Å². The number of hydrogen-bond acceptors (Lipinski definition) is 0. The summed E-state index contributed by atoms with van der Waals surface area (Å²) in [5.74, 6) is 0. The third kappa shape index (κ3) is 2.99. The lowest BCUT2D eigenvalue weighted by atomic mass is 9.80. The van der Waals surface area contributed by atoms with Gasteiger partial charge in [-0.05, 0) is 83.3 Å². The number of para-hydroxylation sites is 4. The first-order valence-corrected chi connectivity index (χ1v) is 14.8. The standard InChI is InChI=1S/C40H30N2/c1-25-22-27(42-37-18-10-6-14-30(37)31-15-7-11-19-38(31)42)24-33-32-23-26(20-21-34(32)40(2,3)39(25)33)41-35-16-8-4-12-28(35)29-13-5-9-17-36(29)41/h4-24H,1-3H3. The van der Waals surface area contributed by atoms with Crippen molar-refractivity contribution >= 4 is 43.6 Å². The molecule has 0 unspecified atom stereocenters. The van der Waals surface area contributed by atoms with Gasteiger partial charge in [-0.25, -0.2) is 0 Å². The zero-order valence-electron chi connectivity index (χ0n) is 24.0. The van der Waals surface area contributed by atoms with Gasteiger partial charge in [0.15, 0.2) is 0 Å². The van der Waals surface area contributed by atoms with Gasteiger partial charge in [0.1, 0.15) is 0 Å². The summed E-state index contributed by atoms with van der Waals surface area (Å²) in [6.45, 7) is 7.05. The van der Waals surface area contributed by atoms with E-state index >= 15 is 0 Å². The Morgan fingerprint density at radius 1 is 0.452 bits per heavy atom. The second-order valence-electron chi connectivity index (χ2n) is 12.3. The molecule has 0 saturated carbocycles. The maximum atomic E-state index is 2.44. The predicted molar refractivity (Wildman–Crippen MR) is 177 cm³/mol. The van der Waals surface area contributed by atoms with Crippen molar-refractivity contribution in [3.63, 3.8) is 0 Å². The maximum Gasteiger partial charge on any atom is 0.0541 e. The van der Waals surface area contributed by atoms with Crippen LogP contribution in [-0.2, 0) is 5.41 Å². The molecular weight excluding hydrogens is 508 g/mol. The van der Waals surface area contributed by atoms with Crippen LogP contribution in [-0.4, -0.2) is 9.13 Å². The minimum Gasteiger partial charge on any atom is -0.309 e. The molecule has 2 aromatic heterocycles. The smallest absolute Gasteiger partial charge is 0.0541 e. The first kappa shape index (κ1) is 23.6. The molecule has 1 aliphatic carbocycles. The minimum absolute atomic E-state index is 0.0759. The lowest BCUT2D eigenvalue weighted by molar-refractivity contribution is 0.655. The molecule has 0 spiro atoms. The number of rotatable bonds is 2. The van der Waals surface area contributed by atoms with Crippen LogP contribution in [0.1, 0.15) is 30.5 Å². The van der Waals surface area contributed by atoms with Crippen LogP contribution in [0, 0.1) is 6.92 Å². The van der Waals surface area contributed by atoms with E-state index in [2.05, 4.69) is 157 Å². The van der Waals surface area contributed by atoms with Gasteiger partial charge in [-0.2, -0.15) is 0 Å². The highest BCUT2D eigenvalue weighted by atomic mass is 15.0. The van der Waals surface area contributed by atoms with Gasteiger partial charge in [-0.15, -0.1) is 0 Å². The molecule has 0 radical (unpaired) electrons. The van der Waals surface area contributed by atoms with Crippen molar-refractivity contribution in [3.8, 4) is 22.5 Å². The van der Waals surface area contributed by atoms with E-state index in [4.69, 9.17) is 0 Å². The quantitative estimate of drug-likeness (QED) is 0.207. The van der Waals surface area contributed by atoms with Gasteiger partial charge < -0.3 is 9.13 Å². The van der Waals surface area contributed by atoms with E-state index in [-0.39, 0.29) is 5.41 Å². The lowest BCUT2D eigenvalue weighted by Crippen LogP contribution is -2.16. The third-order valence-electron chi connectivity index (χ3n) is 9.59. The van der Waals surface area contributed by atoms with E-state index in [1.807, 2.05) is 0 Å². The van der Waals surface area contributed by atoms with Crippen molar-refractivity contribution in [2.45, 2.75) is 26.2 Å². The molecule has 0 bridgehead atoms. The van der Waals surface area contributed by atoms with Gasteiger partial charge >= 0.3 is 0 Å². The largest absolute Gasteiger partial charge is 0.309 e. The number of hydrogen-bond donors (Lipinski definition) is 0. The van der Waals surface area contributed by atoms with Crippen LogP contribution in [0.2, 0.25) is 0 Å². The number of benzene rings is 6. The Morgan fingerprint density at radius 3 is 1.38 bits per heavy atom. The average Bonchev–Trinajstić information content (AvgIpc) is 3.61. The van der Waals surface area contributed by atoms with Gasteiger partial charge in [0.2, 0.25) is 0 Å². The summed E-state index contributed by atoms with van der Waals surface area (Å²) in [6.07, 6.45) is 0. The van der Waals surface area contributed by atoms with Gasteiger partial charge in [0, 0.05) is 38.3 Å². The van der Waals surface area contributed by atoms with Crippen molar-refractivity contribution in [1.29, 1.82) is 0 Å². The van der Waals surface area contributed by atoms with Gasteiger partial charge in [0.25, 0.3) is 0 Å². The SMILES string of the molecule is Cc1cc(-n2c3ccccc3c3ccccc32)cc2c1C(C)(C)c1ccc(-n3c4ccccc4c4ccccc43)cc1-2. The molecule has 1 aliphatic rings. The minimum atomic E-state index is -0.0759. The van der Waals surface area contributed by atoms with Crippen LogP contribution >= 0.6 is 0 Å². The molecule has 42 heavy (non-hydrogen) atoms. The van der Waals surface area contributed by atoms with Crippen LogP contribution in [0.4, 0.5) is 0 Å². The Hall–Kier alpha value is -5.08. The predicted octanol–water partition coefficient (Wildman–Crippen LogP) is 10.5. The Bertz CT molecular complexity index is 2290. The molecular formula is C40H30N2. The Balaban J connectivity index is 1.33. The fraction of sp³-hybridized carbons (Fsp3) is 0.100. The molecule has 6 aromatic carbocycles. The van der Waals surface area contributed by atoms with E-state index in [0.29, 0.717) is 0 Å². The number of aromatic nitrogens is 2. The number of aryl methyl sites for hydroxylation is 1. The van der Waals surface area contributed by atoms with E-state index in [9.17, 15) is 0 Å². The first-order valence-electron chi connectivity index (χ1n) is 14.8. The normalized spacial score (nSPS) is 13.8. The van der Waals surface area contributed by atoms with Crippen LogP contribution in [0.3, 0.4) is 0 Å². The Kier molecular flexibility index (Phi) is 4.63. The molecule has 0 fully saturated rings. The number of fused-ring (bicyclic) bond motifs is 9. The summed E-state index contributed by atoms with van der Waals surface area (Å²) in [4.78, 5) is 0. The molecule has 9 rings (SSSR count). The summed E-state index contributed by atoms with van der Waals surface area (Å²) in [6, 6.07) is 47.0. The maximum absolute atomic E-state index is 2.44. The molecule has 0 aliphatic heterocycles. The van der Waals surface area contributed by atoms with E-state index in [1.165, 1.54) is 82.8 Å². The molecule has 2 heterocycles. The van der Waals surface area contributed by atoms with Gasteiger partial charge in [-0.1, -0.05) is 92.7 Å². The fourth-order valence-corrected chi connectivity index (χ4v) is 7.91. The van der Waals surface area contributed by atoms with Crippen LogP contribution in [0.25, 0.3) is 66.1 Å². The van der Waals surface area contributed by atoms with Crippen molar-refractivity contribution in [2.75, 3.05) is 0 Å². The van der Waals surface area contributed by atoms with Crippen molar-refractivity contribution in [3.05, 3.63) is 144 Å². The number of nitrogens with zero attached hydrogens (tertiary/aromatic N) is 2. The lowest BCUT2D eigenvalue weighted by Gasteiger charge is -2.24. The van der Waals surface area contributed by atoms with Gasteiger partial charge in [-0.3, -0.25) is 0 Å². The summed E-state index contributed by atoms with van der Waals surface area (Å²) in [5, 5.41) is 5.17. The molecule has 2 nitrogen and oxygen atoms in total. The molecule has 8 aromatic rings. The second-order valence-corrected chi connectivity index (χ2v) is 12.3. The molecule has 0 amide bonds. The summed E-state index contributed by atoms with van der Waals surface area (Å²) >= 11 is 0. The van der Waals surface area contributed by atoms with E-state index in [0.717, 1.165) is 0 Å². The van der Waals surface area contributed by atoms with Crippen LogP contribution in [0.15, 0.2) is 127 Å². The second kappa shape index (κ2) is 8.24. The molecule has 2 heteroatoms. The average molecular weight is 539 g/mol. The van der Waals surface area contributed by atoms with E-state index in [1.54, 1.807) is 0 Å².